The number of ether oxygens (including phenoxy) is 3. The number of amides is 1. The Hall–Kier alpha value is -3.28. The van der Waals surface area contributed by atoms with Crippen LogP contribution in [-0.2, 0) is 11.2 Å². The maximum Gasteiger partial charge on any atom is 0.296 e. The quantitative estimate of drug-likeness (QED) is 0.638. The summed E-state index contributed by atoms with van der Waals surface area (Å²) in [6.45, 7) is 4.10. The van der Waals surface area contributed by atoms with E-state index >= 15 is 0 Å². The highest BCUT2D eigenvalue weighted by atomic mass is 16.5. The highest BCUT2D eigenvalue weighted by molar-refractivity contribution is 5.85. The van der Waals surface area contributed by atoms with Crippen LogP contribution in [0.1, 0.15) is 25.0 Å². The van der Waals surface area contributed by atoms with Crippen molar-refractivity contribution in [3.63, 3.8) is 0 Å². The summed E-state index contributed by atoms with van der Waals surface area (Å²) in [6, 6.07) is 13.5. The van der Waals surface area contributed by atoms with E-state index in [1.165, 1.54) is 0 Å². The van der Waals surface area contributed by atoms with Gasteiger partial charge in [0.05, 0.1) is 21.3 Å². The molecular formula is C25H31N2O4+. The lowest BCUT2D eigenvalue weighted by molar-refractivity contribution is -0.616. The molecule has 0 aliphatic carbocycles. The molecule has 31 heavy (non-hydrogen) atoms. The zero-order valence-corrected chi connectivity index (χ0v) is 19.1. The lowest BCUT2D eigenvalue weighted by atomic mass is 10.0. The second-order valence-electron chi connectivity index (χ2n) is 7.97. The van der Waals surface area contributed by atoms with Crippen LogP contribution in [0.15, 0.2) is 48.5 Å². The van der Waals surface area contributed by atoms with Gasteiger partial charge in [-0.15, -0.1) is 0 Å². The second-order valence-corrected chi connectivity index (χ2v) is 7.97. The van der Waals surface area contributed by atoms with Crippen molar-refractivity contribution in [1.82, 2.24) is 4.90 Å². The third-order valence-corrected chi connectivity index (χ3v) is 5.89. The number of allylic oxidation sites excluding steroid dienone is 1. The Morgan fingerprint density at radius 1 is 1.03 bits per heavy atom. The Morgan fingerprint density at radius 3 is 2.19 bits per heavy atom. The number of benzene rings is 2. The van der Waals surface area contributed by atoms with Crippen molar-refractivity contribution in [2.75, 3.05) is 28.4 Å². The van der Waals surface area contributed by atoms with Crippen molar-refractivity contribution in [2.24, 2.45) is 0 Å². The van der Waals surface area contributed by atoms with Crippen molar-refractivity contribution in [1.29, 1.82) is 0 Å². The number of carbonyl (C=O) groups is 1. The van der Waals surface area contributed by atoms with Crippen LogP contribution in [-0.4, -0.2) is 61.7 Å². The van der Waals surface area contributed by atoms with Gasteiger partial charge in [0.15, 0.2) is 17.7 Å². The minimum Gasteiger partial charge on any atom is -0.493 e. The molecule has 0 bridgehead atoms. The molecule has 0 aromatic heterocycles. The SMILES string of the molecule is COc1cc(CC2C(=O)N(C)C(C)(C)/[N+]2=C/C=C/c2ccccc2)cc(OC)c1OC. The number of methoxy groups -OCH3 is 3. The first kappa shape index (κ1) is 22.4. The number of nitrogens with zero attached hydrogens (tertiary/aromatic N) is 2. The molecule has 0 N–H and O–H groups in total. The fourth-order valence-electron chi connectivity index (χ4n) is 3.93. The van der Waals surface area contributed by atoms with Crippen LogP contribution in [0.2, 0.25) is 0 Å². The summed E-state index contributed by atoms with van der Waals surface area (Å²) in [5.74, 6) is 1.77. The molecule has 1 heterocycles. The lowest BCUT2D eigenvalue weighted by Gasteiger charge is -2.22. The Morgan fingerprint density at radius 2 is 1.65 bits per heavy atom. The smallest absolute Gasteiger partial charge is 0.296 e. The fraction of sp³-hybridized carbons (Fsp3) is 0.360. The Kier molecular flexibility index (Phi) is 6.68. The molecule has 1 amide bonds. The summed E-state index contributed by atoms with van der Waals surface area (Å²) >= 11 is 0. The summed E-state index contributed by atoms with van der Waals surface area (Å²) < 4.78 is 18.5. The standard InChI is InChI=1S/C25H31N2O4/c1-25(2)26(3)24(28)20(27(25)14-10-13-18-11-8-7-9-12-18)15-19-16-21(29-4)23(31-6)22(17-19)30-5/h7-14,16-17,20H,15H2,1-6H3/q+1/b13-10+,27-14+. The van der Waals surface area contributed by atoms with Crippen molar-refractivity contribution in [2.45, 2.75) is 32.0 Å². The molecule has 1 aliphatic heterocycles. The van der Waals surface area contributed by atoms with E-state index in [0.29, 0.717) is 23.7 Å². The largest absolute Gasteiger partial charge is 0.493 e. The van der Waals surface area contributed by atoms with Gasteiger partial charge in [0.1, 0.15) is 0 Å². The van der Waals surface area contributed by atoms with E-state index in [0.717, 1.165) is 11.1 Å². The van der Waals surface area contributed by atoms with Crippen LogP contribution in [0.5, 0.6) is 17.2 Å². The molecule has 0 radical (unpaired) electrons. The molecule has 1 aliphatic rings. The van der Waals surface area contributed by atoms with Gasteiger partial charge in [-0.2, -0.15) is 0 Å². The number of carbonyl (C=O) groups excluding carboxylic acids is 1. The minimum absolute atomic E-state index is 0.0723. The summed E-state index contributed by atoms with van der Waals surface area (Å²) in [4.78, 5) is 14.9. The van der Waals surface area contributed by atoms with Crippen LogP contribution in [0.25, 0.3) is 6.08 Å². The topological polar surface area (TPSA) is 51.0 Å². The van der Waals surface area contributed by atoms with Crippen LogP contribution in [0, 0.1) is 0 Å². The van der Waals surface area contributed by atoms with E-state index in [1.54, 1.807) is 26.2 Å². The maximum atomic E-state index is 13.2. The predicted octanol–water partition coefficient (Wildman–Crippen LogP) is 3.63. The Labute approximate surface area is 184 Å². The van der Waals surface area contributed by atoms with Gasteiger partial charge < -0.3 is 14.2 Å². The van der Waals surface area contributed by atoms with Crippen LogP contribution < -0.4 is 14.2 Å². The number of hydrogen-bond acceptors (Lipinski definition) is 4. The molecule has 1 fully saturated rings. The molecule has 6 heteroatoms. The van der Waals surface area contributed by atoms with Gasteiger partial charge in [-0.1, -0.05) is 30.3 Å². The maximum absolute atomic E-state index is 13.2. The first-order valence-electron chi connectivity index (χ1n) is 10.2. The summed E-state index contributed by atoms with van der Waals surface area (Å²) in [6.07, 6.45) is 6.54. The summed E-state index contributed by atoms with van der Waals surface area (Å²) in [7, 11) is 6.60. The molecule has 2 aromatic rings. The monoisotopic (exact) mass is 423 g/mol. The molecule has 6 nitrogen and oxygen atoms in total. The van der Waals surface area contributed by atoms with Gasteiger partial charge in [0, 0.05) is 33.4 Å². The zero-order chi connectivity index (χ0) is 22.6. The van der Waals surface area contributed by atoms with E-state index in [2.05, 4.69) is 4.58 Å². The van der Waals surface area contributed by atoms with Crippen molar-refractivity contribution >= 4 is 18.2 Å². The molecule has 164 valence electrons. The minimum atomic E-state index is -0.455. The van der Waals surface area contributed by atoms with Gasteiger partial charge in [0.2, 0.25) is 17.5 Å². The molecule has 0 saturated carbocycles. The van der Waals surface area contributed by atoms with E-state index in [-0.39, 0.29) is 11.9 Å². The highest BCUT2D eigenvalue weighted by Gasteiger charge is 2.54. The van der Waals surface area contributed by atoms with Crippen molar-refractivity contribution in [3.8, 4) is 17.2 Å². The van der Waals surface area contributed by atoms with Crippen molar-refractivity contribution < 1.29 is 23.6 Å². The molecule has 1 atom stereocenters. The number of likely N-dealkylation sites (N-methyl/N-ethyl adjacent to an activating group) is 1. The van der Waals surface area contributed by atoms with Gasteiger partial charge in [-0.3, -0.25) is 9.69 Å². The van der Waals surface area contributed by atoms with Crippen LogP contribution in [0.3, 0.4) is 0 Å². The first-order valence-corrected chi connectivity index (χ1v) is 10.2. The van der Waals surface area contributed by atoms with E-state index in [1.807, 2.05) is 81.7 Å². The van der Waals surface area contributed by atoms with Gasteiger partial charge in [-0.25, -0.2) is 4.58 Å². The zero-order valence-electron chi connectivity index (χ0n) is 19.1. The number of hydrogen-bond donors (Lipinski definition) is 0. The molecule has 1 unspecified atom stereocenters. The third-order valence-electron chi connectivity index (χ3n) is 5.89. The average molecular weight is 424 g/mol. The number of rotatable bonds is 7. The predicted molar refractivity (Wildman–Crippen MR) is 122 cm³/mol. The fourth-order valence-corrected chi connectivity index (χ4v) is 3.93. The molecular weight excluding hydrogens is 392 g/mol. The highest BCUT2D eigenvalue weighted by Crippen LogP contribution is 2.39. The second kappa shape index (κ2) is 9.25. The van der Waals surface area contributed by atoms with Gasteiger partial charge in [-0.05, 0) is 29.3 Å². The molecule has 2 aromatic carbocycles. The first-order chi connectivity index (χ1) is 14.8. The Bertz CT molecular complexity index is 971. The van der Waals surface area contributed by atoms with Crippen LogP contribution >= 0.6 is 0 Å². The Balaban J connectivity index is 1.97. The lowest BCUT2D eigenvalue weighted by Crippen LogP contribution is -2.43. The van der Waals surface area contributed by atoms with Gasteiger partial charge in [0.25, 0.3) is 5.91 Å². The molecule has 3 rings (SSSR count). The van der Waals surface area contributed by atoms with E-state index in [9.17, 15) is 4.79 Å². The average Bonchev–Trinajstić information content (AvgIpc) is 2.93. The van der Waals surface area contributed by atoms with E-state index < -0.39 is 5.66 Å². The van der Waals surface area contributed by atoms with Crippen LogP contribution in [0.4, 0.5) is 0 Å². The van der Waals surface area contributed by atoms with E-state index in [4.69, 9.17) is 14.2 Å². The normalized spacial score (nSPS) is 19.3. The molecule has 0 spiro atoms. The third kappa shape index (κ3) is 4.43. The van der Waals surface area contributed by atoms with Crippen molar-refractivity contribution in [3.05, 3.63) is 59.7 Å². The summed E-state index contributed by atoms with van der Waals surface area (Å²) in [5, 5.41) is 0. The summed E-state index contributed by atoms with van der Waals surface area (Å²) in [5.41, 5.74) is 1.59. The molecule has 1 saturated heterocycles. The van der Waals surface area contributed by atoms with Gasteiger partial charge >= 0.3 is 0 Å².